The van der Waals surface area contributed by atoms with Crippen molar-refractivity contribution in [2.24, 2.45) is 0 Å². The SMILES string of the molecule is CCCCCCCCCCCCCCCC(=O)OCC(F)(F)C(F)(F)C(F)(F)C(F)(F)C(F)(F)C(F)(F)C(F)(F)F. The van der Waals surface area contributed by atoms with Crippen molar-refractivity contribution in [3.63, 3.8) is 0 Å². The third-order valence-electron chi connectivity index (χ3n) is 6.29. The Bertz CT molecular complexity index is 780. The zero-order chi connectivity index (χ0) is 32.4. The molecule has 0 aromatic rings. The second kappa shape index (κ2) is 15.2. The molecular formula is C24H33F15O2. The smallest absolute Gasteiger partial charge is 0.459 e. The van der Waals surface area contributed by atoms with Gasteiger partial charge in [0.25, 0.3) is 0 Å². The van der Waals surface area contributed by atoms with Crippen molar-refractivity contribution in [1.29, 1.82) is 0 Å². The molecule has 0 radical (unpaired) electrons. The van der Waals surface area contributed by atoms with Crippen LogP contribution in [-0.4, -0.2) is 54.3 Å². The molecule has 0 saturated heterocycles. The molecule has 0 unspecified atom stereocenters. The van der Waals surface area contributed by atoms with E-state index in [0.29, 0.717) is 12.8 Å². The zero-order valence-electron chi connectivity index (χ0n) is 22.1. The highest BCUT2D eigenvalue weighted by atomic mass is 19.4. The minimum Gasteiger partial charge on any atom is -0.459 e. The van der Waals surface area contributed by atoms with Gasteiger partial charge in [0.05, 0.1) is 0 Å². The van der Waals surface area contributed by atoms with Gasteiger partial charge in [-0.2, -0.15) is 65.9 Å². The van der Waals surface area contributed by atoms with E-state index in [2.05, 4.69) is 11.7 Å². The maximum absolute atomic E-state index is 13.7. The van der Waals surface area contributed by atoms with Gasteiger partial charge in [-0.15, -0.1) is 0 Å². The maximum atomic E-state index is 13.7. The van der Waals surface area contributed by atoms with Crippen molar-refractivity contribution in [1.82, 2.24) is 0 Å². The fraction of sp³-hybridized carbons (Fsp3) is 0.958. The molecule has 0 aliphatic rings. The molecule has 0 N–H and O–H groups in total. The Hall–Kier alpha value is -1.58. The highest BCUT2D eigenvalue weighted by Gasteiger charge is 2.93. The van der Waals surface area contributed by atoms with Gasteiger partial charge < -0.3 is 4.74 Å². The summed E-state index contributed by atoms with van der Waals surface area (Å²) in [7, 11) is 0. The second-order valence-electron chi connectivity index (χ2n) is 9.73. The van der Waals surface area contributed by atoms with E-state index in [-0.39, 0.29) is 6.42 Å². The Morgan fingerprint density at radius 1 is 0.463 bits per heavy atom. The summed E-state index contributed by atoms with van der Waals surface area (Å²) in [6, 6.07) is 0. The maximum Gasteiger partial charge on any atom is 0.460 e. The summed E-state index contributed by atoms with van der Waals surface area (Å²) in [5.41, 5.74) is 0. The Kier molecular flexibility index (Phi) is 14.6. The van der Waals surface area contributed by atoms with Crippen molar-refractivity contribution in [3.05, 3.63) is 0 Å². The first kappa shape index (κ1) is 39.4. The van der Waals surface area contributed by atoms with Gasteiger partial charge in [-0.3, -0.25) is 4.79 Å². The lowest BCUT2D eigenvalue weighted by Gasteiger charge is -2.41. The molecule has 17 heteroatoms. The molecule has 0 aromatic carbocycles. The normalized spacial score (nSPS) is 14.4. The van der Waals surface area contributed by atoms with Gasteiger partial charge in [0, 0.05) is 6.42 Å². The van der Waals surface area contributed by atoms with Crippen LogP contribution in [-0.2, 0) is 9.53 Å². The standard InChI is InChI=1S/C24H33F15O2/c1-2-3-4-5-6-7-8-9-10-11-12-13-14-15-17(40)41-16-18(25,26)19(27,28)20(29,30)21(31,32)22(33,34)23(35,36)24(37,38)39/h2-16H2,1H3. The fourth-order valence-corrected chi connectivity index (χ4v) is 3.62. The van der Waals surface area contributed by atoms with E-state index in [4.69, 9.17) is 0 Å². The lowest BCUT2D eigenvalue weighted by Crippen LogP contribution is -2.73. The van der Waals surface area contributed by atoms with Gasteiger partial charge in [-0.25, -0.2) is 0 Å². The molecule has 246 valence electrons. The van der Waals surface area contributed by atoms with E-state index in [1.165, 1.54) is 19.3 Å². The number of unbranched alkanes of at least 4 members (excludes halogenated alkanes) is 12. The van der Waals surface area contributed by atoms with E-state index in [1.54, 1.807) is 0 Å². The summed E-state index contributed by atoms with van der Waals surface area (Å²) in [5.74, 6) is -48.8. The van der Waals surface area contributed by atoms with Crippen LogP contribution in [0.1, 0.15) is 96.8 Å². The van der Waals surface area contributed by atoms with E-state index in [9.17, 15) is 70.7 Å². The molecule has 0 saturated carbocycles. The zero-order valence-corrected chi connectivity index (χ0v) is 22.1. The number of ether oxygens (including phenoxy) is 1. The van der Waals surface area contributed by atoms with E-state index in [1.807, 2.05) is 0 Å². The quantitative estimate of drug-likeness (QED) is 0.0711. The molecule has 0 amide bonds. The summed E-state index contributed by atoms with van der Waals surface area (Å²) in [6.07, 6.45) is 3.04. The Balaban J connectivity index is 4.83. The number of rotatable bonds is 21. The number of carbonyl (C=O) groups excluding carboxylic acids is 1. The van der Waals surface area contributed by atoms with E-state index in [0.717, 1.165) is 44.9 Å². The predicted octanol–water partition coefficient (Wildman–Crippen LogP) is 10.4. The highest BCUT2D eigenvalue weighted by Crippen LogP contribution is 2.62. The Morgan fingerprint density at radius 3 is 1.15 bits per heavy atom. The summed E-state index contributed by atoms with van der Waals surface area (Å²) >= 11 is 0. The Labute approximate surface area is 227 Å². The van der Waals surface area contributed by atoms with Crippen molar-refractivity contribution in [2.45, 2.75) is 139 Å². The summed E-state index contributed by atoms with van der Waals surface area (Å²) in [6.45, 7) is -0.969. The number of hydrogen-bond acceptors (Lipinski definition) is 2. The first-order chi connectivity index (χ1) is 18.5. The molecule has 0 spiro atoms. The van der Waals surface area contributed by atoms with Gasteiger partial charge in [0.1, 0.15) is 0 Å². The van der Waals surface area contributed by atoms with Gasteiger partial charge in [-0.1, -0.05) is 84.0 Å². The number of alkyl halides is 15. The van der Waals surface area contributed by atoms with Gasteiger partial charge >= 0.3 is 47.7 Å². The first-order valence-electron chi connectivity index (χ1n) is 12.9. The van der Waals surface area contributed by atoms with Crippen LogP contribution in [0.4, 0.5) is 65.9 Å². The third kappa shape index (κ3) is 9.45. The third-order valence-corrected chi connectivity index (χ3v) is 6.29. The molecule has 0 rings (SSSR count). The molecular weight excluding hydrogens is 605 g/mol. The highest BCUT2D eigenvalue weighted by molar-refractivity contribution is 5.69. The van der Waals surface area contributed by atoms with E-state index >= 15 is 0 Å². The summed E-state index contributed by atoms with van der Waals surface area (Å²) in [5, 5.41) is 0. The molecule has 41 heavy (non-hydrogen) atoms. The average molecular weight is 638 g/mol. The van der Waals surface area contributed by atoms with Crippen LogP contribution in [0.5, 0.6) is 0 Å². The van der Waals surface area contributed by atoms with Crippen LogP contribution in [0, 0.1) is 0 Å². The average Bonchev–Trinajstić information content (AvgIpc) is 2.84. The number of carbonyl (C=O) groups is 1. The van der Waals surface area contributed by atoms with Gasteiger partial charge in [-0.05, 0) is 6.42 Å². The summed E-state index contributed by atoms with van der Waals surface area (Å²) in [4.78, 5) is 11.5. The van der Waals surface area contributed by atoms with Gasteiger partial charge in [0.2, 0.25) is 0 Å². The lowest BCUT2D eigenvalue weighted by atomic mass is 9.91. The molecule has 0 aliphatic heterocycles. The lowest BCUT2D eigenvalue weighted by molar-refractivity contribution is -0.453. The van der Waals surface area contributed by atoms with Gasteiger partial charge in [0.15, 0.2) is 6.61 Å². The number of hydrogen-bond donors (Lipinski definition) is 0. The predicted molar refractivity (Wildman–Crippen MR) is 117 cm³/mol. The molecule has 0 aromatic heterocycles. The summed E-state index contributed by atoms with van der Waals surface area (Å²) < 4.78 is 201. The fourth-order valence-electron chi connectivity index (χ4n) is 3.62. The van der Waals surface area contributed by atoms with Crippen LogP contribution >= 0.6 is 0 Å². The van der Waals surface area contributed by atoms with Crippen LogP contribution in [0.25, 0.3) is 0 Å². The monoisotopic (exact) mass is 638 g/mol. The van der Waals surface area contributed by atoms with Crippen LogP contribution in [0.3, 0.4) is 0 Å². The topological polar surface area (TPSA) is 26.3 Å². The minimum atomic E-state index is -8.36. The minimum absolute atomic E-state index is 0.0365. The second-order valence-corrected chi connectivity index (χ2v) is 9.73. The largest absolute Gasteiger partial charge is 0.460 e. The van der Waals surface area contributed by atoms with Crippen LogP contribution in [0.2, 0.25) is 0 Å². The van der Waals surface area contributed by atoms with Crippen LogP contribution < -0.4 is 0 Å². The molecule has 0 aliphatic carbocycles. The first-order valence-corrected chi connectivity index (χ1v) is 12.9. The number of halogens is 15. The van der Waals surface area contributed by atoms with Crippen molar-refractivity contribution < 1.29 is 75.4 Å². The molecule has 0 bridgehead atoms. The Morgan fingerprint density at radius 2 is 0.780 bits per heavy atom. The molecule has 0 atom stereocenters. The van der Waals surface area contributed by atoms with Crippen molar-refractivity contribution >= 4 is 5.97 Å². The van der Waals surface area contributed by atoms with E-state index < -0.39 is 60.7 Å². The van der Waals surface area contributed by atoms with Crippen molar-refractivity contribution in [3.8, 4) is 0 Å². The molecule has 0 fully saturated rings. The number of esters is 1. The van der Waals surface area contributed by atoms with Crippen LogP contribution in [0.15, 0.2) is 0 Å². The molecule has 2 nitrogen and oxygen atoms in total. The molecule has 0 heterocycles. The van der Waals surface area contributed by atoms with Crippen molar-refractivity contribution in [2.75, 3.05) is 6.61 Å².